The fraction of sp³-hybridized carbons (Fsp3) is 0.250. The van der Waals surface area contributed by atoms with E-state index in [9.17, 15) is 9.59 Å². The van der Waals surface area contributed by atoms with Gasteiger partial charge in [0, 0.05) is 5.38 Å². The van der Waals surface area contributed by atoms with E-state index in [1.54, 1.807) is 0 Å². The number of amides is 1. The highest BCUT2D eigenvalue weighted by Gasteiger charge is 2.13. The fourth-order valence-corrected chi connectivity index (χ4v) is 3.20. The molecule has 5 nitrogen and oxygen atoms in total. The Kier molecular flexibility index (Phi) is 4.11. The number of aryl methyl sites for hydroxylation is 1. The van der Waals surface area contributed by atoms with E-state index < -0.39 is 5.97 Å². The second kappa shape index (κ2) is 6.19. The van der Waals surface area contributed by atoms with Crippen LogP contribution in [0.4, 0.5) is 5.00 Å². The molecule has 2 heterocycles. The summed E-state index contributed by atoms with van der Waals surface area (Å²) in [6.07, 6.45) is 2.22. The van der Waals surface area contributed by atoms with E-state index in [1.165, 1.54) is 22.8 Å². The smallest absolute Gasteiger partial charge is 0.336 e. The van der Waals surface area contributed by atoms with Gasteiger partial charge in [-0.2, -0.15) is 0 Å². The Morgan fingerprint density at radius 2 is 2.18 bits per heavy atom. The highest BCUT2D eigenvalue weighted by Crippen LogP contribution is 2.26. The van der Waals surface area contributed by atoms with Gasteiger partial charge >= 0.3 is 5.97 Å². The van der Waals surface area contributed by atoms with Crippen LogP contribution in [-0.2, 0) is 17.6 Å². The number of carbonyl (C=O) groups excluding carboxylic acids is 1. The lowest BCUT2D eigenvalue weighted by molar-refractivity contribution is -0.115. The number of rotatable bonds is 4. The Hall–Kier alpha value is -2.34. The standard InChI is InChI=1S/C16H15NO4S/c18-14(17-15-8-12(9-22-15)16(19)20)7-10-3-4-13-11(6-10)2-1-5-21-13/h3-4,6,8-9H,1-2,5,7H2,(H,17,18)(H,19,20). The molecule has 0 saturated heterocycles. The van der Waals surface area contributed by atoms with Crippen molar-refractivity contribution in [2.45, 2.75) is 19.3 Å². The number of ether oxygens (including phenoxy) is 1. The number of hydrogen-bond acceptors (Lipinski definition) is 4. The Morgan fingerprint density at radius 1 is 1.32 bits per heavy atom. The minimum absolute atomic E-state index is 0.157. The van der Waals surface area contributed by atoms with Crippen molar-refractivity contribution in [3.8, 4) is 5.75 Å². The van der Waals surface area contributed by atoms with Gasteiger partial charge in [0.25, 0.3) is 0 Å². The molecular weight excluding hydrogens is 302 g/mol. The van der Waals surface area contributed by atoms with Gasteiger partial charge in [-0.25, -0.2) is 4.79 Å². The van der Waals surface area contributed by atoms with Gasteiger partial charge in [0.1, 0.15) is 5.75 Å². The van der Waals surface area contributed by atoms with Crippen molar-refractivity contribution in [2.24, 2.45) is 0 Å². The summed E-state index contributed by atoms with van der Waals surface area (Å²) in [7, 11) is 0. The molecule has 0 unspecified atom stereocenters. The van der Waals surface area contributed by atoms with Gasteiger partial charge in [0.2, 0.25) is 5.91 Å². The van der Waals surface area contributed by atoms with Crippen LogP contribution in [0.3, 0.4) is 0 Å². The number of nitrogens with one attached hydrogen (secondary N) is 1. The monoisotopic (exact) mass is 317 g/mol. The summed E-state index contributed by atoms with van der Waals surface area (Å²) < 4.78 is 5.55. The topological polar surface area (TPSA) is 75.6 Å². The molecule has 0 spiro atoms. The third kappa shape index (κ3) is 3.28. The van der Waals surface area contributed by atoms with Gasteiger partial charge in [-0.05, 0) is 36.1 Å². The SMILES string of the molecule is O=C(Cc1ccc2c(c1)CCCO2)Nc1cc(C(=O)O)cs1. The molecule has 0 fully saturated rings. The number of carbonyl (C=O) groups is 2. The van der Waals surface area contributed by atoms with Crippen LogP contribution in [0.15, 0.2) is 29.6 Å². The maximum atomic E-state index is 12.0. The molecule has 2 aromatic rings. The lowest BCUT2D eigenvalue weighted by Gasteiger charge is -2.17. The molecule has 114 valence electrons. The van der Waals surface area contributed by atoms with Crippen molar-refractivity contribution >= 4 is 28.2 Å². The summed E-state index contributed by atoms with van der Waals surface area (Å²) >= 11 is 1.21. The summed E-state index contributed by atoms with van der Waals surface area (Å²) in [6.45, 7) is 0.747. The molecule has 0 aliphatic carbocycles. The number of thiophene rings is 1. The average Bonchev–Trinajstić information content (AvgIpc) is 2.95. The molecule has 1 amide bonds. The van der Waals surface area contributed by atoms with Gasteiger partial charge in [-0.1, -0.05) is 12.1 Å². The molecular formula is C16H15NO4S. The summed E-state index contributed by atoms with van der Waals surface area (Å²) in [4.78, 5) is 22.9. The minimum atomic E-state index is -0.994. The number of carboxylic acids is 1. The molecule has 1 aromatic heterocycles. The second-order valence-electron chi connectivity index (χ2n) is 5.12. The fourth-order valence-electron chi connectivity index (χ4n) is 2.40. The average molecular weight is 317 g/mol. The van der Waals surface area contributed by atoms with Crippen LogP contribution in [0.2, 0.25) is 0 Å². The van der Waals surface area contributed by atoms with Crippen LogP contribution in [0.1, 0.15) is 27.9 Å². The van der Waals surface area contributed by atoms with E-state index in [4.69, 9.17) is 9.84 Å². The number of hydrogen-bond donors (Lipinski definition) is 2. The van der Waals surface area contributed by atoms with E-state index in [0.29, 0.717) is 5.00 Å². The Morgan fingerprint density at radius 3 is 2.95 bits per heavy atom. The highest BCUT2D eigenvalue weighted by atomic mass is 32.1. The van der Waals surface area contributed by atoms with Crippen LogP contribution in [0, 0.1) is 0 Å². The Bertz CT molecular complexity index is 723. The summed E-state index contributed by atoms with van der Waals surface area (Å²) in [5.74, 6) is -0.248. The summed E-state index contributed by atoms with van der Waals surface area (Å²) in [5.41, 5.74) is 2.25. The molecule has 0 bridgehead atoms. The summed E-state index contributed by atoms with van der Waals surface area (Å²) in [5, 5.41) is 13.6. The molecule has 0 radical (unpaired) electrons. The molecule has 1 aromatic carbocycles. The first-order valence-corrected chi connectivity index (χ1v) is 7.86. The van der Waals surface area contributed by atoms with E-state index >= 15 is 0 Å². The van der Waals surface area contributed by atoms with Crippen molar-refractivity contribution in [1.82, 2.24) is 0 Å². The first kappa shape index (κ1) is 14.6. The van der Waals surface area contributed by atoms with Gasteiger partial charge in [0.15, 0.2) is 0 Å². The normalized spacial score (nSPS) is 13.1. The predicted molar refractivity (Wildman–Crippen MR) is 83.9 cm³/mol. The van der Waals surface area contributed by atoms with Crippen molar-refractivity contribution in [3.63, 3.8) is 0 Å². The van der Waals surface area contributed by atoms with Gasteiger partial charge in [0.05, 0.1) is 23.6 Å². The van der Waals surface area contributed by atoms with Crippen LogP contribution >= 0.6 is 11.3 Å². The van der Waals surface area contributed by atoms with Crippen molar-refractivity contribution in [2.75, 3.05) is 11.9 Å². The molecule has 1 aliphatic rings. The maximum absolute atomic E-state index is 12.0. The summed E-state index contributed by atoms with van der Waals surface area (Å²) in [6, 6.07) is 7.27. The van der Waals surface area contributed by atoms with E-state index in [0.717, 1.165) is 36.3 Å². The molecule has 22 heavy (non-hydrogen) atoms. The molecule has 0 saturated carbocycles. The maximum Gasteiger partial charge on any atom is 0.336 e. The number of carboxylic acid groups (broad SMARTS) is 1. The first-order chi connectivity index (χ1) is 10.6. The Labute approximate surface area is 131 Å². The Balaban J connectivity index is 1.65. The first-order valence-electron chi connectivity index (χ1n) is 6.98. The molecule has 0 atom stereocenters. The zero-order valence-electron chi connectivity index (χ0n) is 11.8. The predicted octanol–water partition coefficient (Wildman–Crippen LogP) is 2.95. The van der Waals surface area contributed by atoms with Gasteiger partial charge in [-0.15, -0.1) is 11.3 Å². The quantitative estimate of drug-likeness (QED) is 0.909. The van der Waals surface area contributed by atoms with Crippen molar-refractivity contribution in [1.29, 1.82) is 0 Å². The zero-order valence-corrected chi connectivity index (χ0v) is 12.6. The van der Waals surface area contributed by atoms with Crippen LogP contribution < -0.4 is 10.1 Å². The van der Waals surface area contributed by atoms with Gasteiger partial charge < -0.3 is 15.2 Å². The highest BCUT2D eigenvalue weighted by molar-refractivity contribution is 7.14. The largest absolute Gasteiger partial charge is 0.493 e. The number of fused-ring (bicyclic) bond motifs is 1. The van der Waals surface area contributed by atoms with Gasteiger partial charge in [-0.3, -0.25) is 4.79 Å². The van der Waals surface area contributed by atoms with Crippen molar-refractivity contribution < 1.29 is 19.4 Å². The number of benzene rings is 1. The van der Waals surface area contributed by atoms with Crippen LogP contribution in [-0.4, -0.2) is 23.6 Å². The second-order valence-corrected chi connectivity index (χ2v) is 6.04. The molecule has 2 N–H and O–H groups in total. The third-order valence-electron chi connectivity index (χ3n) is 3.45. The zero-order chi connectivity index (χ0) is 15.5. The van der Waals surface area contributed by atoms with E-state index in [1.807, 2.05) is 18.2 Å². The third-order valence-corrected chi connectivity index (χ3v) is 4.29. The number of anilines is 1. The number of aromatic carboxylic acids is 1. The van der Waals surface area contributed by atoms with E-state index in [-0.39, 0.29) is 17.9 Å². The molecule has 3 rings (SSSR count). The molecule has 1 aliphatic heterocycles. The van der Waals surface area contributed by atoms with Crippen molar-refractivity contribution in [3.05, 3.63) is 46.3 Å². The lowest BCUT2D eigenvalue weighted by atomic mass is 10.0. The minimum Gasteiger partial charge on any atom is -0.493 e. The van der Waals surface area contributed by atoms with Crippen LogP contribution in [0.25, 0.3) is 0 Å². The van der Waals surface area contributed by atoms with Crippen LogP contribution in [0.5, 0.6) is 5.75 Å². The lowest BCUT2D eigenvalue weighted by Crippen LogP contribution is -2.14. The molecule has 6 heteroatoms. The van der Waals surface area contributed by atoms with E-state index in [2.05, 4.69) is 5.32 Å².